The fourth-order valence-electron chi connectivity index (χ4n) is 1.60. The van der Waals surface area contributed by atoms with Gasteiger partial charge in [-0.1, -0.05) is 24.9 Å². The van der Waals surface area contributed by atoms with Gasteiger partial charge in [0, 0.05) is 6.61 Å². The molecular weight excluding hydrogens is 275 g/mol. The third-order valence-corrected chi connectivity index (χ3v) is 3.03. The van der Waals surface area contributed by atoms with Crippen LogP contribution >= 0.6 is 23.2 Å². The lowest BCUT2D eigenvalue weighted by Crippen LogP contribution is -2.10. The summed E-state index contributed by atoms with van der Waals surface area (Å²) in [6.07, 6.45) is 3.59. The first-order valence-corrected chi connectivity index (χ1v) is 6.56. The van der Waals surface area contributed by atoms with E-state index in [1.807, 2.05) is 6.92 Å². The van der Waals surface area contributed by atoms with Crippen LogP contribution in [0.1, 0.15) is 32.9 Å². The molecule has 1 atom stereocenters. The Morgan fingerprint density at radius 1 is 1.39 bits per heavy atom. The summed E-state index contributed by atoms with van der Waals surface area (Å²) in [6.45, 7) is 4.75. The van der Waals surface area contributed by atoms with Gasteiger partial charge in [-0.25, -0.2) is 9.97 Å². The van der Waals surface area contributed by atoms with Gasteiger partial charge in [-0.15, -0.1) is 0 Å². The summed E-state index contributed by atoms with van der Waals surface area (Å²) in [5.41, 5.74) is 1.12. The maximum atomic E-state index is 5.95. The normalized spacial score (nSPS) is 13.1. The smallest absolute Gasteiger partial charge is 0.225 e. The molecule has 2 rings (SSSR count). The predicted octanol–water partition coefficient (Wildman–Crippen LogP) is 3.47. The molecule has 7 heteroatoms. The standard InChI is InChI=1S/C11H14Cl2N4O/c1-3-4-5-18-7(2)17-6-14-8-9(12)15-11(13)16-10(8)17/h6-7H,3-5H2,1-2H3. The molecular formula is C11H14Cl2N4O. The molecule has 5 nitrogen and oxygen atoms in total. The molecule has 1 unspecified atom stereocenters. The van der Waals surface area contributed by atoms with Gasteiger partial charge in [0.15, 0.2) is 10.8 Å². The lowest BCUT2D eigenvalue weighted by Gasteiger charge is -2.14. The maximum Gasteiger partial charge on any atom is 0.225 e. The van der Waals surface area contributed by atoms with Gasteiger partial charge in [0.25, 0.3) is 0 Å². The Hall–Kier alpha value is -0.910. The number of halogens is 2. The number of unbranched alkanes of at least 4 members (excludes halogenated alkanes) is 1. The second kappa shape index (κ2) is 5.82. The molecule has 0 saturated carbocycles. The van der Waals surface area contributed by atoms with Gasteiger partial charge in [-0.05, 0) is 24.9 Å². The maximum absolute atomic E-state index is 5.95. The second-order valence-electron chi connectivity index (χ2n) is 3.93. The molecule has 2 heterocycles. The van der Waals surface area contributed by atoms with Gasteiger partial charge >= 0.3 is 0 Å². The SMILES string of the molecule is CCCCOC(C)n1cnc2c(Cl)nc(Cl)nc21. The van der Waals surface area contributed by atoms with Gasteiger partial charge in [0.05, 0.1) is 6.33 Å². The molecule has 0 aliphatic rings. The van der Waals surface area contributed by atoms with Crippen molar-refractivity contribution in [3.63, 3.8) is 0 Å². The highest BCUT2D eigenvalue weighted by molar-refractivity contribution is 6.35. The van der Waals surface area contributed by atoms with E-state index >= 15 is 0 Å². The van der Waals surface area contributed by atoms with E-state index in [2.05, 4.69) is 21.9 Å². The van der Waals surface area contributed by atoms with Crippen LogP contribution in [-0.2, 0) is 4.74 Å². The van der Waals surface area contributed by atoms with E-state index in [-0.39, 0.29) is 16.7 Å². The molecule has 2 aromatic heterocycles. The van der Waals surface area contributed by atoms with Gasteiger partial charge in [-0.2, -0.15) is 4.98 Å². The van der Waals surface area contributed by atoms with Crippen molar-refractivity contribution < 1.29 is 4.74 Å². The van der Waals surface area contributed by atoms with Gasteiger partial charge in [-0.3, -0.25) is 4.57 Å². The Balaban J connectivity index is 2.28. The van der Waals surface area contributed by atoms with Crippen LogP contribution in [0.4, 0.5) is 0 Å². The van der Waals surface area contributed by atoms with E-state index in [4.69, 9.17) is 27.9 Å². The molecule has 0 spiro atoms. The Morgan fingerprint density at radius 2 is 2.17 bits per heavy atom. The number of nitrogens with zero attached hydrogens (tertiary/aromatic N) is 4. The average molecular weight is 289 g/mol. The minimum Gasteiger partial charge on any atom is -0.358 e. The van der Waals surface area contributed by atoms with Crippen molar-refractivity contribution in [2.24, 2.45) is 0 Å². The number of fused-ring (bicyclic) bond motifs is 1. The van der Waals surface area contributed by atoms with Crippen molar-refractivity contribution in [2.75, 3.05) is 6.61 Å². The zero-order chi connectivity index (χ0) is 13.1. The fourth-order valence-corrected chi connectivity index (χ4v) is 2.02. The van der Waals surface area contributed by atoms with Crippen LogP contribution in [0.2, 0.25) is 10.4 Å². The molecule has 98 valence electrons. The molecule has 0 bridgehead atoms. The molecule has 0 N–H and O–H groups in total. The second-order valence-corrected chi connectivity index (χ2v) is 4.63. The Morgan fingerprint density at radius 3 is 2.89 bits per heavy atom. The minimum absolute atomic E-state index is 0.106. The Bertz CT molecular complexity index is 543. The number of ether oxygens (including phenoxy) is 1. The first kappa shape index (κ1) is 13.5. The number of imidazole rings is 1. The molecule has 0 aliphatic heterocycles. The summed E-state index contributed by atoms with van der Waals surface area (Å²) < 4.78 is 7.49. The molecule has 0 aliphatic carbocycles. The summed E-state index contributed by atoms with van der Waals surface area (Å²) in [7, 11) is 0. The first-order valence-electron chi connectivity index (χ1n) is 5.80. The highest BCUT2D eigenvalue weighted by Crippen LogP contribution is 2.23. The van der Waals surface area contributed by atoms with Crippen molar-refractivity contribution in [1.29, 1.82) is 0 Å². The third kappa shape index (κ3) is 2.74. The molecule has 0 aromatic carbocycles. The minimum atomic E-state index is -0.163. The zero-order valence-electron chi connectivity index (χ0n) is 10.2. The van der Waals surface area contributed by atoms with Crippen LogP contribution in [0.15, 0.2) is 6.33 Å². The highest BCUT2D eigenvalue weighted by Gasteiger charge is 2.14. The van der Waals surface area contributed by atoms with Crippen LogP contribution in [0.25, 0.3) is 11.2 Å². The van der Waals surface area contributed by atoms with E-state index in [0.29, 0.717) is 17.8 Å². The molecule has 0 saturated heterocycles. The lowest BCUT2D eigenvalue weighted by molar-refractivity contribution is 0.0171. The fraction of sp³-hybridized carbons (Fsp3) is 0.545. The summed E-state index contributed by atoms with van der Waals surface area (Å²) in [6, 6.07) is 0. The number of aromatic nitrogens is 4. The summed E-state index contributed by atoms with van der Waals surface area (Å²) in [5, 5.41) is 0.361. The largest absolute Gasteiger partial charge is 0.358 e. The van der Waals surface area contributed by atoms with E-state index in [0.717, 1.165) is 12.8 Å². The van der Waals surface area contributed by atoms with Crippen molar-refractivity contribution in [3.05, 3.63) is 16.8 Å². The van der Waals surface area contributed by atoms with Crippen LogP contribution < -0.4 is 0 Å². The van der Waals surface area contributed by atoms with Gasteiger partial charge in [0.2, 0.25) is 5.28 Å². The first-order chi connectivity index (χ1) is 8.63. The molecule has 0 fully saturated rings. The zero-order valence-corrected chi connectivity index (χ0v) is 11.7. The quantitative estimate of drug-likeness (QED) is 0.480. The average Bonchev–Trinajstić information content (AvgIpc) is 2.73. The van der Waals surface area contributed by atoms with Crippen molar-refractivity contribution in [1.82, 2.24) is 19.5 Å². The van der Waals surface area contributed by atoms with E-state index < -0.39 is 0 Å². The summed E-state index contributed by atoms with van der Waals surface area (Å²) >= 11 is 11.8. The number of hydrogen-bond donors (Lipinski definition) is 0. The Labute approximate surface area is 115 Å². The third-order valence-electron chi connectivity index (χ3n) is 2.60. The number of rotatable bonds is 5. The Kier molecular flexibility index (Phi) is 4.37. The topological polar surface area (TPSA) is 52.8 Å². The van der Waals surface area contributed by atoms with Crippen LogP contribution in [0.3, 0.4) is 0 Å². The van der Waals surface area contributed by atoms with Crippen LogP contribution in [-0.4, -0.2) is 26.1 Å². The molecule has 0 amide bonds. The molecule has 2 aromatic rings. The van der Waals surface area contributed by atoms with Crippen molar-refractivity contribution in [3.8, 4) is 0 Å². The highest BCUT2D eigenvalue weighted by atomic mass is 35.5. The van der Waals surface area contributed by atoms with Crippen LogP contribution in [0.5, 0.6) is 0 Å². The van der Waals surface area contributed by atoms with Gasteiger partial charge in [0.1, 0.15) is 11.7 Å². The van der Waals surface area contributed by atoms with E-state index in [9.17, 15) is 0 Å². The summed E-state index contributed by atoms with van der Waals surface area (Å²) in [5.74, 6) is 0. The molecule has 0 radical (unpaired) electrons. The van der Waals surface area contributed by atoms with Crippen LogP contribution in [0, 0.1) is 0 Å². The van der Waals surface area contributed by atoms with Crippen molar-refractivity contribution >= 4 is 34.4 Å². The van der Waals surface area contributed by atoms with E-state index in [1.165, 1.54) is 0 Å². The number of hydrogen-bond acceptors (Lipinski definition) is 4. The monoisotopic (exact) mass is 288 g/mol. The van der Waals surface area contributed by atoms with Crippen molar-refractivity contribution in [2.45, 2.75) is 32.9 Å². The predicted molar refractivity (Wildman–Crippen MR) is 70.9 cm³/mol. The molecule has 18 heavy (non-hydrogen) atoms. The van der Waals surface area contributed by atoms with E-state index in [1.54, 1.807) is 10.9 Å². The summed E-state index contributed by atoms with van der Waals surface area (Å²) in [4.78, 5) is 12.2. The van der Waals surface area contributed by atoms with Gasteiger partial charge < -0.3 is 4.74 Å². The lowest BCUT2D eigenvalue weighted by atomic mass is 10.4.